The quantitative estimate of drug-likeness (QED) is 0.617. The molecule has 144 valence electrons. The molecule has 0 spiro atoms. The van der Waals surface area contributed by atoms with E-state index in [4.69, 9.17) is 5.11 Å². The van der Waals surface area contributed by atoms with E-state index in [0.29, 0.717) is 16.4 Å². The lowest BCUT2D eigenvalue weighted by Gasteiger charge is -2.36. The summed E-state index contributed by atoms with van der Waals surface area (Å²) in [7, 11) is -4.71. The summed E-state index contributed by atoms with van der Waals surface area (Å²) in [5.41, 5.74) is -2.55. The van der Waals surface area contributed by atoms with Crippen LogP contribution in [0.3, 0.4) is 0 Å². The average Bonchev–Trinajstić information content (AvgIpc) is 2.53. The second-order valence-corrected chi connectivity index (χ2v) is 7.74. The Morgan fingerprint density at radius 1 is 1.38 bits per heavy atom. The van der Waals surface area contributed by atoms with Gasteiger partial charge in [-0.25, -0.2) is 8.42 Å². The molecule has 1 fully saturated rings. The van der Waals surface area contributed by atoms with Gasteiger partial charge < -0.3 is 5.11 Å². The van der Waals surface area contributed by atoms with Crippen molar-refractivity contribution in [1.29, 1.82) is 0 Å². The van der Waals surface area contributed by atoms with Gasteiger partial charge in [0.05, 0.1) is 21.3 Å². The number of nitrogens with zero attached hydrogens (tertiary/aromatic N) is 2. The van der Waals surface area contributed by atoms with E-state index in [0.717, 1.165) is 0 Å². The zero-order valence-electron chi connectivity index (χ0n) is 13.4. The Labute approximate surface area is 146 Å². The lowest BCUT2D eigenvalue weighted by Crippen LogP contribution is -2.49. The fourth-order valence-corrected chi connectivity index (χ4v) is 4.89. The van der Waals surface area contributed by atoms with E-state index in [-0.39, 0.29) is 25.5 Å². The molecular formula is C14H15F3N2O6S. The highest BCUT2D eigenvalue weighted by Gasteiger charge is 2.44. The van der Waals surface area contributed by atoms with Gasteiger partial charge in [-0.15, -0.1) is 0 Å². The number of carboxylic acids is 1. The number of nitro benzene ring substituents is 1. The van der Waals surface area contributed by atoms with Gasteiger partial charge in [-0.3, -0.25) is 14.9 Å². The average molecular weight is 396 g/mol. The molecule has 0 aromatic heterocycles. The normalized spacial score (nSPS) is 22.2. The smallest absolute Gasteiger partial charge is 0.417 e. The van der Waals surface area contributed by atoms with Crippen LogP contribution >= 0.6 is 0 Å². The molecule has 1 aliphatic heterocycles. The van der Waals surface area contributed by atoms with Crippen LogP contribution in [0, 0.1) is 16.0 Å². The summed E-state index contributed by atoms with van der Waals surface area (Å²) in [4.78, 5) is 19.8. The van der Waals surface area contributed by atoms with Crippen molar-refractivity contribution in [1.82, 2.24) is 4.31 Å². The number of nitro groups is 1. The number of carbonyl (C=O) groups is 1. The highest BCUT2D eigenvalue weighted by molar-refractivity contribution is 7.89. The first-order valence-corrected chi connectivity index (χ1v) is 8.91. The molecule has 1 heterocycles. The van der Waals surface area contributed by atoms with Crippen LogP contribution in [0.5, 0.6) is 0 Å². The van der Waals surface area contributed by atoms with Gasteiger partial charge >= 0.3 is 12.1 Å². The van der Waals surface area contributed by atoms with Gasteiger partial charge in [0.2, 0.25) is 10.0 Å². The number of alkyl halides is 3. The van der Waals surface area contributed by atoms with Crippen molar-refractivity contribution in [3.63, 3.8) is 0 Å². The van der Waals surface area contributed by atoms with E-state index in [9.17, 15) is 36.5 Å². The largest absolute Gasteiger partial charge is 0.481 e. The fraction of sp³-hybridized carbons (Fsp3) is 0.500. The van der Waals surface area contributed by atoms with Crippen LogP contribution in [-0.4, -0.2) is 41.3 Å². The number of non-ortho nitro benzene ring substituents is 1. The van der Waals surface area contributed by atoms with Crippen LogP contribution < -0.4 is 0 Å². The van der Waals surface area contributed by atoms with E-state index in [1.807, 2.05) is 0 Å². The predicted octanol–water partition coefficient (Wildman–Crippen LogP) is 2.49. The standard InChI is InChI=1S/C14H15F3N2O6S/c1-8-10(13(20)21)3-2-6-18(8)26(24,25)12-5-4-9(19(22)23)7-11(12)14(15,16)17/h4-5,7-8,10H,2-3,6H2,1H3,(H,20,21)/t8-,10-/m1/s1. The van der Waals surface area contributed by atoms with E-state index in [1.54, 1.807) is 0 Å². The first-order valence-electron chi connectivity index (χ1n) is 7.47. The molecule has 1 aromatic carbocycles. The van der Waals surface area contributed by atoms with Crippen molar-refractivity contribution in [2.45, 2.75) is 36.9 Å². The Balaban J connectivity index is 2.58. The van der Waals surface area contributed by atoms with Crippen molar-refractivity contribution in [3.8, 4) is 0 Å². The number of rotatable bonds is 4. The minimum Gasteiger partial charge on any atom is -0.481 e. The SMILES string of the molecule is C[C@@H]1[C@H](C(=O)O)CCCN1S(=O)(=O)c1ccc([N+](=O)[O-])cc1C(F)(F)F. The van der Waals surface area contributed by atoms with Crippen molar-refractivity contribution in [2.24, 2.45) is 5.92 Å². The highest BCUT2D eigenvalue weighted by Crippen LogP contribution is 2.39. The maximum atomic E-state index is 13.3. The number of halogens is 3. The summed E-state index contributed by atoms with van der Waals surface area (Å²) in [6, 6.07) is 0.317. The number of sulfonamides is 1. The van der Waals surface area contributed by atoms with E-state index >= 15 is 0 Å². The fourth-order valence-electron chi connectivity index (χ4n) is 2.99. The van der Waals surface area contributed by atoms with Crippen molar-refractivity contribution < 1.29 is 36.4 Å². The molecule has 2 rings (SSSR count). The molecule has 0 unspecified atom stereocenters. The Morgan fingerprint density at radius 3 is 2.50 bits per heavy atom. The van der Waals surface area contributed by atoms with Gasteiger partial charge in [0.1, 0.15) is 0 Å². The zero-order chi connectivity index (χ0) is 19.9. The number of hydrogen-bond acceptors (Lipinski definition) is 5. The molecule has 0 bridgehead atoms. The van der Waals surface area contributed by atoms with Gasteiger partial charge in [-0.1, -0.05) is 0 Å². The first-order chi connectivity index (χ1) is 11.9. The highest BCUT2D eigenvalue weighted by atomic mass is 32.2. The number of benzene rings is 1. The monoisotopic (exact) mass is 396 g/mol. The first kappa shape index (κ1) is 20.1. The second kappa shape index (κ2) is 6.83. The Hall–Kier alpha value is -2.21. The summed E-state index contributed by atoms with van der Waals surface area (Å²) in [5, 5.41) is 19.9. The molecule has 0 radical (unpaired) electrons. The van der Waals surface area contributed by atoms with Crippen LogP contribution in [0.1, 0.15) is 25.3 Å². The van der Waals surface area contributed by atoms with Gasteiger partial charge in [-0.05, 0) is 25.8 Å². The molecule has 8 nitrogen and oxygen atoms in total. The van der Waals surface area contributed by atoms with Gasteiger partial charge in [0.15, 0.2) is 0 Å². The van der Waals surface area contributed by atoms with Crippen LogP contribution in [0.2, 0.25) is 0 Å². The van der Waals surface area contributed by atoms with Crippen LogP contribution in [0.25, 0.3) is 0 Å². The van der Waals surface area contributed by atoms with E-state index < -0.39 is 55.2 Å². The molecule has 0 saturated carbocycles. The third kappa shape index (κ3) is 3.65. The van der Waals surface area contributed by atoms with Gasteiger partial charge in [0.25, 0.3) is 5.69 Å². The van der Waals surface area contributed by atoms with Crippen molar-refractivity contribution in [2.75, 3.05) is 6.54 Å². The molecule has 0 aliphatic carbocycles. The molecule has 26 heavy (non-hydrogen) atoms. The molecule has 12 heteroatoms. The third-order valence-corrected chi connectivity index (χ3v) is 6.36. The van der Waals surface area contributed by atoms with Gasteiger partial charge in [0, 0.05) is 24.7 Å². The molecule has 1 saturated heterocycles. The second-order valence-electron chi connectivity index (χ2n) is 5.88. The molecule has 1 aliphatic rings. The third-order valence-electron chi connectivity index (χ3n) is 4.31. The number of piperidine rings is 1. The Bertz CT molecular complexity index is 840. The van der Waals surface area contributed by atoms with E-state index in [1.165, 1.54) is 6.92 Å². The lowest BCUT2D eigenvalue weighted by atomic mass is 9.92. The lowest BCUT2D eigenvalue weighted by molar-refractivity contribution is -0.385. The maximum absolute atomic E-state index is 13.3. The minimum absolute atomic E-state index is 0.137. The molecule has 1 N–H and O–H groups in total. The number of aliphatic carboxylic acids is 1. The van der Waals surface area contributed by atoms with Crippen molar-refractivity contribution in [3.05, 3.63) is 33.9 Å². The molecule has 0 amide bonds. The summed E-state index contributed by atoms with van der Waals surface area (Å²) < 4.78 is 66.1. The molecule has 1 aromatic rings. The predicted molar refractivity (Wildman–Crippen MR) is 81.8 cm³/mol. The Morgan fingerprint density at radius 2 is 2.00 bits per heavy atom. The Kier molecular flexibility index (Phi) is 5.29. The van der Waals surface area contributed by atoms with Crippen LogP contribution in [0.15, 0.2) is 23.1 Å². The summed E-state index contributed by atoms with van der Waals surface area (Å²) in [6.07, 6.45) is -4.76. The molecular weight excluding hydrogens is 381 g/mol. The maximum Gasteiger partial charge on any atom is 0.417 e. The molecule has 2 atom stereocenters. The topological polar surface area (TPSA) is 118 Å². The summed E-state index contributed by atoms with van der Waals surface area (Å²) >= 11 is 0. The zero-order valence-corrected chi connectivity index (χ0v) is 14.2. The van der Waals surface area contributed by atoms with Crippen LogP contribution in [-0.2, 0) is 21.0 Å². The van der Waals surface area contributed by atoms with Gasteiger partial charge in [-0.2, -0.15) is 17.5 Å². The van der Waals surface area contributed by atoms with Crippen LogP contribution in [0.4, 0.5) is 18.9 Å². The minimum atomic E-state index is -5.14. The number of carboxylic acid groups (broad SMARTS) is 1. The van der Waals surface area contributed by atoms with E-state index in [2.05, 4.69) is 0 Å². The number of hydrogen-bond donors (Lipinski definition) is 1. The summed E-state index contributed by atoms with van der Waals surface area (Å²) in [6.45, 7) is 1.18. The van der Waals surface area contributed by atoms with Crippen molar-refractivity contribution >= 4 is 21.7 Å². The summed E-state index contributed by atoms with van der Waals surface area (Å²) in [5.74, 6) is -2.29.